The molecule has 4 heteroatoms. The Bertz CT molecular complexity index is 2130. The Balaban J connectivity index is 1.10. The molecule has 2 nitrogen and oxygen atoms in total. The number of benzene rings is 6. The lowest BCUT2D eigenvalue weighted by Crippen LogP contribution is -2.69. The van der Waals surface area contributed by atoms with Crippen LogP contribution in [0.15, 0.2) is 231 Å². The van der Waals surface area contributed by atoms with Crippen molar-refractivity contribution in [2.45, 2.75) is 38.5 Å². The summed E-state index contributed by atoms with van der Waals surface area (Å²) < 4.78 is 15.9. The lowest BCUT2D eigenvalue weighted by atomic mass is 9.56. The van der Waals surface area contributed by atoms with Crippen molar-refractivity contribution in [3.63, 3.8) is 0 Å². The van der Waals surface area contributed by atoms with Crippen molar-refractivity contribution in [1.29, 1.82) is 0 Å². The number of allylic oxidation sites excluding steroid dienone is 8. The van der Waals surface area contributed by atoms with Gasteiger partial charge in [-0.3, -0.25) is 0 Å². The Morgan fingerprint density at radius 2 is 0.619 bits per heavy atom. The van der Waals surface area contributed by atoms with Crippen LogP contribution in [-0.2, 0) is 8.85 Å². The second-order valence-corrected chi connectivity index (χ2v) is 25.1. The van der Waals surface area contributed by atoms with Gasteiger partial charge in [0.15, 0.2) is 0 Å². The highest BCUT2D eigenvalue weighted by molar-refractivity contribution is 7.07. The van der Waals surface area contributed by atoms with Gasteiger partial charge in [0.1, 0.15) is 0 Å². The highest BCUT2D eigenvalue weighted by Gasteiger charge is 2.56. The van der Waals surface area contributed by atoms with E-state index >= 15 is 0 Å². The average molecular weight is 857 g/mol. The van der Waals surface area contributed by atoms with Gasteiger partial charge in [-0.1, -0.05) is 231 Å². The third kappa shape index (κ3) is 7.86. The summed E-state index contributed by atoms with van der Waals surface area (Å²) in [5.74, 6) is 3.21. The Kier molecular flexibility index (Phi) is 12.4. The summed E-state index contributed by atoms with van der Waals surface area (Å²) in [4.78, 5) is 0. The standard InChI is InChI=1S/C59H60O2Si2/c1-7-25-49(26-8-1)62(50-27-9-2-10-28-50,51-29-11-3-12-30-51)60-45-43-59(57-41-39-47-23-19-21-37-55(47)57,58-42-40-48-24-20-22-38-56(48)58)44-46-61-63(52-31-13-4-14-32-52,53-33-15-5-16-34-53)54-35-17-6-18-36-54/h1-38,47-48,55-58H,39-46H2. The molecule has 0 aromatic heterocycles. The zero-order valence-electron chi connectivity index (χ0n) is 36.4. The molecule has 0 aliphatic heterocycles. The molecule has 0 radical (unpaired) electrons. The van der Waals surface area contributed by atoms with Crippen LogP contribution in [0.2, 0.25) is 0 Å². The minimum Gasteiger partial charge on any atom is -0.404 e. The fraction of sp³-hybridized carbons (Fsp3) is 0.254. The minimum atomic E-state index is -2.94. The maximum absolute atomic E-state index is 7.93. The van der Waals surface area contributed by atoms with E-state index in [1.165, 1.54) is 56.8 Å². The van der Waals surface area contributed by atoms with Crippen LogP contribution in [0, 0.1) is 40.9 Å². The maximum atomic E-state index is 7.93. The first-order valence-corrected chi connectivity index (χ1v) is 27.4. The van der Waals surface area contributed by atoms with Gasteiger partial charge >= 0.3 is 0 Å². The van der Waals surface area contributed by atoms with Gasteiger partial charge in [-0.05, 0) is 111 Å². The van der Waals surface area contributed by atoms with Crippen molar-refractivity contribution in [2.24, 2.45) is 40.9 Å². The zero-order chi connectivity index (χ0) is 42.4. The van der Waals surface area contributed by atoms with Crippen molar-refractivity contribution >= 4 is 47.8 Å². The van der Waals surface area contributed by atoms with E-state index in [1.807, 2.05) is 0 Å². The number of fused-ring (bicyclic) bond motifs is 2. The molecular formula is C59H60O2Si2. The molecule has 4 aliphatic carbocycles. The highest BCUT2D eigenvalue weighted by atomic mass is 28.4. The van der Waals surface area contributed by atoms with Gasteiger partial charge in [-0.2, -0.15) is 0 Å². The molecule has 6 aromatic carbocycles. The minimum absolute atomic E-state index is 0.0295. The topological polar surface area (TPSA) is 18.5 Å². The first kappa shape index (κ1) is 41.6. The van der Waals surface area contributed by atoms with Gasteiger partial charge in [0, 0.05) is 13.2 Å². The second-order valence-electron chi connectivity index (χ2n) is 18.4. The molecule has 0 bridgehead atoms. The SMILES string of the molecule is C1=CC2CCC(C(CCO[Si](c3ccccc3)(c3ccccc3)c3ccccc3)(CCO[Si](c3ccccc3)(c3ccccc3)c3ccccc3)C3CCC4C=CC=CC43)C2C=C1. The fourth-order valence-electron chi connectivity index (χ4n) is 12.7. The molecule has 0 heterocycles. The van der Waals surface area contributed by atoms with Crippen molar-refractivity contribution in [3.05, 3.63) is 231 Å². The second kappa shape index (κ2) is 18.8. The summed E-state index contributed by atoms with van der Waals surface area (Å²) in [7, 11) is -5.88. The van der Waals surface area contributed by atoms with Crippen LogP contribution in [0.1, 0.15) is 38.5 Å². The molecule has 316 valence electrons. The molecule has 0 amide bonds. The number of hydrogen-bond acceptors (Lipinski definition) is 2. The average Bonchev–Trinajstić information content (AvgIpc) is 4.01. The quantitative estimate of drug-likeness (QED) is 0.0714. The van der Waals surface area contributed by atoms with E-state index in [2.05, 4.69) is 231 Å². The third-order valence-electron chi connectivity index (χ3n) is 15.5. The van der Waals surface area contributed by atoms with Gasteiger partial charge in [0.05, 0.1) is 0 Å². The lowest BCUT2D eigenvalue weighted by Gasteiger charge is -2.50. The summed E-state index contributed by atoms with van der Waals surface area (Å²) in [6.45, 7) is 1.37. The predicted molar refractivity (Wildman–Crippen MR) is 268 cm³/mol. The third-order valence-corrected chi connectivity index (χ3v) is 23.6. The van der Waals surface area contributed by atoms with Gasteiger partial charge in [0.2, 0.25) is 0 Å². The van der Waals surface area contributed by atoms with Crippen LogP contribution in [0.4, 0.5) is 0 Å². The summed E-state index contributed by atoms with van der Waals surface area (Å²) in [5.41, 5.74) is -0.0295. The van der Waals surface area contributed by atoms with Crippen molar-refractivity contribution in [1.82, 2.24) is 0 Å². The Labute approximate surface area is 378 Å². The predicted octanol–water partition coefficient (Wildman–Crippen LogP) is 9.66. The molecule has 0 spiro atoms. The Hall–Kier alpha value is -5.37. The van der Waals surface area contributed by atoms with Crippen molar-refractivity contribution in [2.75, 3.05) is 13.2 Å². The summed E-state index contributed by atoms with van der Waals surface area (Å²) in [6, 6.07) is 66.9. The van der Waals surface area contributed by atoms with Crippen LogP contribution >= 0.6 is 0 Å². The van der Waals surface area contributed by atoms with E-state index < -0.39 is 16.6 Å². The van der Waals surface area contributed by atoms with E-state index in [9.17, 15) is 0 Å². The first-order valence-electron chi connectivity index (χ1n) is 23.5. The van der Waals surface area contributed by atoms with E-state index in [1.54, 1.807) is 0 Å². The van der Waals surface area contributed by atoms with E-state index in [4.69, 9.17) is 8.85 Å². The summed E-state index contributed by atoms with van der Waals surface area (Å²) in [6.07, 6.45) is 26.4. The summed E-state index contributed by atoms with van der Waals surface area (Å²) in [5, 5.41) is 7.77. The number of rotatable bonds is 16. The van der Waals surface area contributed by atoms with Gasteiger partial charge < -0.3 is 8.85 Å². The first-order chi connectivity index (χ1) is 31.2. The van der Waals surface area contributed by atoms with Crippen molar-refractivity contribution < 1.29 is 8.85 Å². The van der Waals surface area contributed by atoms with E-state index in [0.29, 0.717) is 48.7 Å². The zero-order valence-corrected chi connectivity index (χ0v) is 38.4. The monoisotopic (exact) mass is 856 g/mol. The van der Waals surface area contributed by atoms with Crippen molar-refractivity contribution in [3.8, 4) is 0 Å². The lowest BCUT2D eigenvalue weighted by molar-refractivity contribution is -0.00764. The molecule has 10 rings (SSSR count). The highest BCUT2D eigenvalue weighted by Crippen LogP contribution is 2.61. The molecule has 0 N–H and O–H groups in total. The van der Waals surface area contributed by atoms with Crippen LogP contribution in [0.3, 0.4) is 0 Å². The molecule has 63 heavy (non-hydrogen) atoms. The summed E-state index contributed by atoms with van der Waals surface area (Å²) >= 11 is 0. The van der Waals surface area contributed by atoms with Gasteiger partial charge in [0.25, 0.3) is 16.6 Å². The smallest absolute Gasteiger partial charge is 0.288 e. The van der Waals surface area contributed by atoms with E-state index in [-0.39, 0.29) is 5.41 Å². The molecular weight excluding hydrogens is 797 g/mol. The van der Waals surface area contributed by atoms with Crippen LogP contribution in [0.5, 0.6) is 0 Å². The van der Waals surface area contributed by atoms with Gasteiger partial charge in [-0.15, -0.1) is 0 Å². The normalized spacial score (nSPS) is 22.8. The molecule has 4 aliphatic rings. The maximum Gasteiger partial charge on any atom is 0.288 e. The van der Waals surface area contributed by atoms with Crippen LogP contribution < -0.4 is 31.1 Å². The molecule has 2 saturated carbocycles. The number of hydrogen-bond donors (Lipinski definition) is 0. The molecule has 6 atom stereocenters. The Morgan fingerprint density at radius 3 is 0.905 bits per heavy atom. The molecule has 6 unspecified atom stereocenters. The Morgan fingerprint density at radius 1 is 0.349 bits per heavy atom. The largest absolute Gasteiger partial charge is 0.404 e. The fourth-order valence-corrected chi connectivity index (χ4v) is 20.5. The molecule has 0 saturated heterocycles. The molecule has 2 fully saturated rings. The molecule has 6 aromatic rings. The van der Waals surface area contributed by atoms with Gasteiger partial charge in [-0.25, -0.2) is 0 Å². The van der Waals surface area contributed by atoms with Crippen LogP contribution in [-0.4, -0.2) is 29.8 Å². The van der Waals surface area contributed by atoms with E-state index in [0.717, 1.165) is 12.8 Å². The van der Waals surface area contributed by atoms with Crippen LogP contribution in [0.25, 0.3) is 0 Å².